The highest BCUT2D eigenvalue weighted by atomic mass is 35.5. The lowest BCUT2D eigenvalue weighted by atomic mass is 9.96. The summed E-state index contributed by atoms with van der Waals surface area (Å²) in [5, 5.41) is 3.52. The fourth-order valence-corrected chi connectivity index (χ4v) is 3.82. The Labute approximate surface area is 148 Å². The molecule has 1 atom stereocenters. The Balaban J connectivity index is 1.29. The van der Waals surface area contributed by atoms with Crippen molar-refractivity contribution in [1.82, 2.24) is 10.2 Å². The van der Waals surface area contributed by atoms with Crippen molar-refractivity contribution in [2.45, 2.75) is 50.7 Å². The molecule has 1 aliphatic heterocycles. The van der Waals surface area contributed by atoms with Gasteiger partial charge in [0.25, 0.3) is 5.91 Å². The maximum atomic E-state index is 12.4. The molecule has 0 bridgehead atoms. The lowest BCUT2D eigenvalue weighted by Gasteiger charge is -2.26. The molecule has 1 N–H and O–H groups in total. The Morgan fingerprint density at radius 2 is 2.08 bits per heavy atom. The number of halogens is 1. The third-order valence-corrected chi connectivity index (χ3v) is 5.78. The first kappa shape index (κ1) is 16.2. The summed E-state index contributed by atoms with van der Waals surface area (Å²) >= 11 is 6.29. The van der Waals surface area contributed by atoms with Gasteiger partial charge in [-0.25, -0.2) is 0 Å². The van der Waals surface area contributed by atoms with E-state index in [9.17, 15) is 4.79 Å². The van der Waals surface area contributed by atoms with Crippen LogP contribution in [0.4, 0.5) is 0 Å². The number of likely N-dealkylation sites (tertiary alicyclic amines) is 1. The number of ether oxygens (including phenoxy) is 1. The molecular weight excluding hydrogens is 324 g/mol. The van der Waals surface area contributed by atoms with Crippen molar-refractivity contribution in [1.29, 1.82) is 0 Å². The molecule has 2 saturated carbocycles. The second-order valence-electron chi connectivity index (χ2n) is 7.40. The summed E-state index contributed by atoms with van der Waals surface area (Å²) in [4.78, 5) is 15.0. The Kier molecular flexibility index (Phi) is 4.68. The van der Waals surface area contributed by atoms with Crippen LogP contribution in [0, 0.1) is 5.92 Å². The zero-order chi connectivity index (χ0) is 16.5. The average Bonchev–Trinajstić information content (AvgIpc) is 3.27. The standard InChI is InChI=1S/C19H25ClN2O2/c20-18-10-16(24-15-2-1-3-15)6-7-17(18)19(23)21-11-13-8-9-22(12-13)14-4-5-14/h6-7,10,13-15H,1-5,8-9,11-12H2,(H,21,23)/t13-/m0/s1. The summed E-state index contributed by atoms with van der Waals surface area (Å²) < 4.78 is 5.83. The molecule has 1 amide bonds. The van der Waals surface area contributed by atoms with Crippen molar-refractivity contribution < 1.29 is 9.53 Å². The largest absolute Gasteiger partial charge is 0.490 e. The van der Waals surface area contributed by atoms with Crippen LogP contribution in [0.3, 0.4) is 0 Å². The van der Waals surface area contributed by atoms with E-state index >= 15 is 0 Å². The summed E-state index contributed by atoms with van der Waals surface area (Å²) in [7, 11) is 0. The normalized spacial score (nSPS) is 24.6. The van der Waals surface area contributed by atoms with Crippen molar-refractivity contribution in [2.75, 3.05) is 19.6 Å². The Morgan fingerprint density at radius 3 is 2.75 bits per heavy atom. The van der Waals surface area contributed by atoms with E-state index in [4.69, 9.17) is 16.3 Å². The number of hydrogen-bond donors (Lipinski definition) is 1. The summed E-state index contributed by atoms with van der Waals surface area (Å²) in [5.41, 5.74) is 0.537. The Hall–Kier alpha value is -1.26. The van der Waals surface area contributed by atoms with Gasteiger partial charge in [-0.2, -0.15) is 0 Å². The third kappa shape index (κ3) is 3.70. The molecule has 3 fully saturated rings. The van der Waals surface area contributed by atoms with E-state index in [1.54, 1.807) is 12.1 Å². The molecule has 130 valence electrons. The molecule has 1 heterocycles. The Bertz CT molecular complexity index is 613. The molecule has 4 nitrogen and oxygen atoms in total. The van der Waals surface area contributed by atoms with Gasteiger partial charge >= 0.3 is 0 Å². The summed E-state index contributed by atoms with van der Waals surface area (Å²) in [5.74, 6) is 1.24. The first-order valence-electron chi connectivity index (χ1n) is 9.17. The van der Waals surface area contributed by atoms with E-state index < -0.39 is 0 Å². The molecule has 1 saturated heterocycles. The fourth-order valence-electron chi connectivity index (χ4n) is 3.57. The van der Waals surface area contributed by atoms with Crippen LogP contribution in [0.25, 0.3) is 0 Å². The van der Waals surface area contributed by atoms with Gasteiger partial charge in [-0.1, -0.05) is 11.6 Å². The van der Waals surface area contributed by atoms with E-state index in [2.05, 4.69) is 10.2 Å². The average molecular weight is 349 g/mol. The molecule has 4 rings (SSSR count). The van der Waals surface area contributed by atoms with Crippen LogP contribution in [-0.4, -0.2) is 42.6 Å². The van der Waals surface area contributed by atoms with Crippen molar-refractivity contribution in [3.8, 4) is 5.75 Å². The predicted molar refractivity (Wildman–Crippen MR) is 94.8 cm³/mol. The highest BCUT2D eigenvalue weighted by Gasteiger charge is 2.34. The maximum absolute atomic E-state index is 12.4. The maximum Gasteiger partial charge on any atom is 0.252 e. The van der Waals surface area contributed by atoms with Gasteiger partial charge in [-0.05, 0) is 69.2 Å². The van der Waals surface area contributed by atoms with Gasteiger partial charge in [0.15, 0.2) is 0 Å². The van der Waals surface area contributed by atoms with E-state index in [-0.39, 0.29) is 5.91 Å². The Morgan fingerprint density at radius 1 is 1.25 bits per heavy atom. The van der Waals surface area contributed by atoms with Crippen LogP contribution in [-0.2, 0) is 0 Å². The quantitative estimate of drug-likeness (QED) is 0.855. The smallest absolute Gasteiger partial charge is 0.252 e. The minimum atomic E-state index is -0.0833. The minimum absolute atomic E-state index is 0.0833. The number of benzene rings is 1. The van der Waals surface area contributed by atoms with Crippen LogP contribution < -0.4 is 10.1 Å². The molecule has 3 aliphatic rings. The minimum Gasteiger partial charge on any atom is -0.490 e. The molecule has 5 heteroatoms. The first-order chi connectivity index (χ1) is 11.7. The van der Waals surface area contributed by atoms with Gasteiger partial charge in [0, 0.05) is 19.1 Å². The van der Waals surface area contributed by atoms with Gasteiger partial charge in [-0.15, -0.1) is 0 Å². The lowest BCUT2D eigenvalue weighted by molar-refractivity contribution is 0.0947. The third-order valence-electron chi connectivity index (χ3n) is 5.47. The fraction of sp³-hybridized carbons (Fsp3) is 0.632. The number of rotatable bonds is 6. The van der Waals surface area contributed by atoms with Gasteiger partial charge in [0.1, 0.15) is 5.75 Å². The zero-order valence-corrected chi connectivity index (χ0v) is 14.7. The van der Waals surface area contributed by atoms with Crippen molar-refractivity contribution in [3.63, 3.8) is 0 Å². The number of nitrogens with one attached hydrogen (secondary N) is 1. The van der Waals surface area contributed by atoms with E-state index in [0.717, 1.165) is 37.7 Å². The van der Waals surface area contributed by atoms with Gasteiger partial charge < -0.3 is 15.0 Å². The van der Waals surface area contributed by atoms with Crippen LogP contribution in [0.5, 0.6) is 5.75 Å². The highest BCUT2D eigenvalue weighted by molar-refractivity contribution is 6.34. The number of carbonyl (C=O) groups excluding carboxylic acids is 1. The topological polar surface area (TPSA) is 41.6 Å². The van der Waals surface area contributed by atoms with Crippen molar-refractivity contribution >= 4 is 17.5 Å². The summed E-state index contributed by atoms with van der Waals surface area (Å²) in [6, 6.07) is 6.21. The summed E-state index contributed by atoms with van der Waals surface area (Å²) in [6.45, 7) is 3.03. The van der Waals surface area contributed by atoms with Crippen LogP contribution in [0.1, 0.15) is 48.9 Å². The van der Waals surface area contributed by atoms with Gasteiger partial charge in [0.2, 0.25) is 0 Å². The molecule has 0 radical (unpaired) electrons. The number of nitrogens with zero attached hydrogens (tertiary/aromatic N) is 1. The van der Waals surface area contributed by atoms with Gasteiger partial charge in [0.05, 0.1) is 16.7 Å². The van der Waals surface area contributed by atoms with Crippen LogP contribution in [0.15, 0.2) is 18.2 Å². The molecular formula is C19H25ClN2O2. The predicted octanol–water partition coefficient (Wildman–Crippen LogP) is 3.49. The molecule has 24 heavy (non-hydrogen) atoms. The van der Waals surface area contributed by atoms with Crippen molar-refractivity contribution in [2.24, 2.45) is 5.92 Å². The highest BCUT2D eigenvalue weighted by Crippen LogP contribution is 2.32. The van der Waals surface area contributed by atoms with E-state index in [0.29, 0.717) is 22.6 Å². The molecule has 1 aromatic carbocycles. The number of hydrogen-bond acceptors (Lipinski definition) is 3. The summed E-state index contributed by atoms with van der Waals surface area (Å²) in [6.07, 6.45) is 7.65. The van der Waals surface area contributed by atoms with E-state index in [1.807, 2.05) is 6.07 Å². The molecule has 0 spiro atoms. The number of amides is 1. The van der Waals surface area contributed by atoms with E-state index in [1.165, 1.54) is 32.2 Å². The zero-order valence-electron chi connectivity index (χ0n) is 14.0. The molecule has 0 unspecified atom stereocenters. The van der Waals surface area contributed by atoms with Crippen molar-refractivity contribution in [3.05, 3.63) is 28.8 Å². The van der Waals surface area contributed by atoms with Gasteiger partial charge in [-0.3, -0.25) is 4.79 Å². The van der Waals surface area contributed by atoms with Crippen LogP contribution >= 0.6 is 11.6 Å². The van der Waals surface area contributed by atoms with Crippen LogP contribution in [0.2, 0.25) is 5.02 Å². The molecule has 2 aliphatic carbocycles. The molecule has 1 aromatic rings. The second kappa shape index (κ2) is 6.93. The lowest BCUT2D eigenvalue weighted by Crippen LogP contribution is -2.31. The first-order valence-corrected chi connectivity index (χ1v) is 9.55. The molecule has 0 aromatic heterocycles. The SMILES string of the molecule is O=C(NC[C@@H]1CCN(C2CC2)C1)c1ccc(OC2CCC2)cc1Cl. The number of carbonyl (C=O) groups is 1. The second-order valence-corrected chi connectivity index (χ2v) is 7.81. The monoisotopic (exact) mass is 348 g/mol.